The van der Waals surface area contributed by atoms with Crippen LogP contribution in [0.3, 0.4) is 0 Å². The van der Waals surface area contributed by atoms with Crippen molar-refractivity contribution >= 4 is 5.69 Å². The van der Waals surface area contributed by atoms with Crippen molar-refractivity contribution in [2.24, 2.45) is 0 Å². The number of hydrogen-bond donors (Lipinski definition) is 1. The van der Waals surface area contributed by atoms with E-state index in [-0.39, 0.29) is 17.9 Å². The highest BCUT2D eigenvalue weighted by Gasteiger charge is 2.18. The summed E-state index contributed by atoms with van der Waals surface area (Å²) >= 11 is 0. The minimum atomic E-state index is -0.689. The van der Waals surface area contributed by atoms with E-state index in [0.29, 0.717) is 0 Å². The largest absolute Gasteiger partial charge is 0.396 e. The van der Waals surface area contributed by atoms with Crippen LogP contribution in [0.5, 0.6) is 0 Å². The average Bonchev–Trinajstić information content (AvgIpc) is 2.16. The van der Waals surface area contributed by atoms with Crippen LogP contribution in [-0.2, 0) is 0 Å². The van der Waals surface area contributed by atoms with Gasteiger partial charge in [0.05, 0.1) is 11.5 Å². The molecule has 1 N–H and O–H groups in total. The second-order valence-corrected chi connectivity index (χ2v) is 2.84. The molecule has 1 unspecified atom stereocenters. The van der Waals surface area contributed by atoms with E-state index in [9.17, 15) is 14.5 Å². The lowest BCUT2D eigenvalue weighted by atomic mass is 10.0. The van der Waals surface area contributed by atoms with Crippen molar-refractivity contribution < 1.29 is 14.4 Å². The van der Waals surface area contributed by atoms with Crippen molar-refractivity contribution in [3.63, 3.8) is 0 Å². The molecule has 0 amide bonds. The van der Waals surface area contributed by atoms with E-state index in [1.165, 1.54) is 0 Å². The number of aliphatic hydroxyl groups excluding tert-OH is 1. The molecule has 0 saturated carbocycles. The van der Waals surface area contributed by atoms with Crippen molar-refractivity contribution in [3.8, 4) is 0 Å². The van der Waals surface area contributed by atoms with E-state index >= 15 is 0 Å². The molecule has 75 valence electrons. The highest BCUT2D eigenvalue weighted by molar-refractivity contribution is 5.43. The highest BCUT2D eigenvalue weighted by Crippen LogP contribution is 2.26. The van der Waals surface area contributed by atoms with E-state index < -0.39 is 16.7 Å². The summed E-state index contributed by atoms with van der Waals surface area (Å²) in [5.74, 6) is -1.26. The van der Waals surface area contributed by atoms with Gasteiger partial charge in [-0.05, 0) is 19.1 Å². The molecule has 5 heteroatoms. The van der Waals surface area contributed by atoms with E-state index in [1.807, 2.05) is 0 Å². The Hall–Kier alpha value is -1.49. The molecule has 1 aromatic rings. The summed E-state index contributed by atoms with van der Waals surface area (Å²) in [7, 11) is 0. The van der Waals surface area contributed by atoms with Crippen LogP contribution in [0.25, 0.3) is 0 Å². The molecular formula is C9H9FNO3. The van der Waals surface area contributed by atoms with Gasteiger partial charge < -0.3 is 5.11 Å². The fourth-order valence-corrected chi connectivity index (χ4v) is 1.12. The Balaban J connectivity index is 3.22. The molecule has 1 radical (unpaired) electrons. The molecule has 1 atom stereocenters. The molecule has 0 aliphatic heterocycles. The van der Waals surface area contributed by atoms with Crippen LogP contribution in [0.1, 0.15) is 11.5 Å². The van der Waals surface area contributed by atoms with Gasteiger partial charge in [-0.2, -0.15) is 0 Å². The lowest BCUT2D eigenvalue weighted by Crippen LogP contribution is -2.04. The van der Waals surface area contributed by atoms with E-state index in [0.717, 1.165) is 18.2 Å². The quantitative estimate of drug-likeness (QED) is 0.593. The average molecular weight is 198 g/mol. The molecule has 0 saturated heterocycles. The lowest BCUT2D eigenvalue weighted by Gasteiger charge is -2.08. The van der Waals surface area contributed by atoms with Gasteiger partial charge in [0, 0.05) is 17.5 Å². The summed E-state index contributed by atoms with van der Waals surface area (Å²) in [4.78, 5) is 9.90. The Labute approximate surface area is 80.1 Å². The molecule has 1 rings (SSSR count). The lowest BCUT2D eigenvalue weighted by molar-refractivity contribution is -0.385. The zero-order valence-corrected chi connectivity index (χ0v) is 7.31. The standard InChI is InChI=1S/C9H9FNO3/c1-6(5-12)8-4-7(10)2-3-9(8)11(13)14/h2-4,6,12H,1,5H2. The Bertz CT molecular complexity index is 354. The molecule has 0 aromatic heterocycles. The zero-order valence-electron chi connectivity index (χ0n) is 7.31. The van der Waals surface area contributed by atoms with Crippen LogP contribution in [0.4, 0.5) is 10.1 Å². The first-order valence-corrected chi connectivity index (χ1v) is 3.94. The third-order valence-corrected chi connectivity index (χ3v) is 1.85. The topological polar surface area (TPSA) is 63.4 Å². The van der Waals surface area contributed by atoms with Gasteiger partial charge in [0.1, 0.15) is 5.82 Å². The van der Waals surface area contributed by atoms with E-state index in [2.05, 4.69) is 6.92 Å². The summed E-state index contributed by atoms with van der Waals surface area (Å²) < 4.78 is 12.8. The normalized spacial score (nSPS) is 12.5. The molecule has 0 heterocycles. The van der Waals surface area contributed by atoms with Crippen molar-refractivity contribution in [3.05, 3.63) is 46.6 Å². The SMILES string of the molecule is [CH2]C(CO)c1cc(F)ccc1[N+](=O)[O-]. The smallest absolute Gasteiger partial charge is 0.273 e. The molecule has 0 bridgehead atoms. The summed E-state index contributed by atoms with van der Waals surface area (Å²) in [5.41, 5.74) is -0.113. The minimum absolute atomic E-state index is 0.109. The van der Waals surface area contributed by atoms with Gasteiger partial charge >= 0.3 is 0 Å². The third-order valence-electron chi connectivity index (χ3n) is 1.85. The molecule has 0 spiro atoms. The van der Waals surface area contributed by atoms with Crippen LogP contribution >= 0.6 is 0 Å². The molecule has 1 aromatic carbocycles. The fourth-order valence-electron chi connectivity index (χ4n) is 1.12. The van der Waals surface area contributed by atoms with E-state index in [4.69, 9.17) is 5.11 Å². The number of halogens is 1. The third kappa shape index (κ3) is 2.05. The molecular weight excluding hydrogens is 189 g/mol. The first-order chi connectivity index (χ1) is 6.56. The Kier molecular flexibility index (Phi) is 3.14. The second kappa shape index (κ2) is 4.15. The number of benzene rings is 1. The van der Waals surface area contributed by atoms with E-state index in [1.54, 1.807) is 0 Å². The van der Waals surface area contributed by atoms with Gasteiger partial charge in [-0.15, -0.1) is 0 Å². The van der Waals surface area contributed by atoms with Crippen LogP contribution < -0.4 is 0 Å². The van der Waals surface area contributed by atoms with Crippen LogP contribution in [0, 0.1) is 22.9 Å². The van der Waals surface area contributed by atoms with Crippen LogP contribution in [-0.4, -0.2) is 16.6 Å². The van der Waals surface area contributed by atoms with Gasteiger partial charge in [-0.1, -0.05) is 0 Å². The monoisotopic (exact) mass is 198 g/mol. The summed E-state index contributed by atoms with van der Waals surface area (Å²) in [6.07, 6.45) is 0. The summed E-state index contributed by atoms with van der Waals surface area (Å²) in [5, 5.41) is 19.3. The number of hydrogen-bond acceptors (Lipinski definition) is 3. The summed E-state index contributed by atoms with van der Waals surface area (Å²) in [6, 6.07) is 3.09. The number of nitrogens with zero attached hydrogens (tertiary/aromatic N) is 1. The fraction of sp³-hybridized carbons (Fsp3) is 0.222. The maximum absolute atomic E-state index is 12.8. The number of aliphatic hydroxyl groups is 1. The molecule has 0 aliphatic carbocycles. The predicted octanol–water partition coefficient (Wildman–Crippen LogP) is 1.64. The number of nitro benzene ring substituents is 1. The number of nitro groups is 1. The van der Waals surface area contributed by atoms with Gasteiger partial charge in [0.15, 0.2) is 0 Å². The highest BCUT2D eigenvalue weighted by atomic mass is 19.1. The second-order valence-electron chi connectivity index (χ2n) is 2.84. The maximum Gasteiger partial charge on any atom is 0.273 e. The summed E-state index contributed by atoms with van der Waals surface area (Å²) in [6.45, 7) is 3.13. The van der Waals surface area contributed by atoms with Gasteiger partial charge in [0.25, 0.3) is 5.69 Å². The van der Waals surface area contributed by atoms with Crippen molar-refractivity contribution in [2.75, 3.05) is 6.61 Å². The van der Waals surface area contributed by atoms with Gasteiger partial charge in [-0.25, -0.2) is 4.39 Å². The molecule has 0 aliphatic rings. The van der Waals surface area contributed by atoms with Crippen LogP contribution in [0.2, 0.25) is 0 Å². The zero-order chi connectivity index (χ0) is 10.7. The minimum Gasteiger partial charge on any atom is -0.396 e. The molecule has 14 heavy (non-hydrogen) atoms. The number of rotatable bonds is 3. The van der Waals surface area contributed by atoms with Crippen LogP contribution in [0.15, 0.2) is 18.2 Å². The maximum atomic E-state index is 12.8. The Morgan fingerprint density at radius 1 is 1.64 bits per heavy atom. The van der Waals surface area contributed by atoms with Crippen molar-refractivity contribution in [1.82, 2.24) is 0 Å². The molecule has 4 nitrogen and oxygen atoms in total. The van der Waals surface area contributed by atoms with Gasteiger partial charge in [-0.3, -0.25) is 10.1 Å². The molecule has 0 fully saturated rings. The first kappa shape index (κ1) is 10.6. The van der Waals surface area contributed by atoms with Crippen molar-refractivity contribution in [1.29, 1.82) is 0 Å². The Morgan fingerprint density at radius 3 is 2.79 bits per heavy atom. The predicted molar refractivity (Wildman–Crippen MR) is 48.2 cm³/mol. The van der Waals surface area contributed by atoms with Gasteiger partial charge in [0.2, 0.25) is 0 Å². The Morgan fingerprint density at radius 2 is 2.29 bits per heavy atom. The van der Waals surface area contributed by atoms with Crippen molar-refractivity contribution in [2.45, 2.75) is 5.92 Å². The first-order valence-electron chi connectivity index (χ1n) is 3.94.